The van der Waals surface area contributed by atoms with E-state index in [0.29, 0.717) is 31.1 Å². The first kappa shape index (κ1) is 23.4. The lowest BCUT2D eigenvalue weighted by Crippen LogP contribution is -2.50. The van der Waals surface area contributed by atoms with E-state index in [-0.39, 0.29) is 23.5 Å². The average molecular weight is 489 g/mol. The lowest BCUT2D eigenvalue weighted by Gasteiger charge is -2.41. The van der Waals surface area contributed by atoms with Crippen molar-refractivity contribution in [2.24, 2.45) is 5.41 Å². The molecule has 1 saturated carbocycles. The Hall–Kier alpha value is -2.32. The van der Waals surface area contributed by atoms with Crippen molar-refractivity contribution in [2.75, 3.05) is 37.6 Å². The van der Waals surface area contributed by atoms with E-state index in [1.165, 1.54) is 4.90 Å². The zero-order chi connectivity index (χ0) is 23.9. The summed E-state index contributed by atoms with van der Waals surface area (Å²) in [5.74, 6) is 0.988. The number of hydrogen-bond acceptors (Lipinski definition) is 5. The summed E-state index contributed by atoms with van der Waals surface area (Å²) in [7, 11) is 0. The minimum atomic E-state index is -0.901. The maximum Gasteiger partial charge on any atom is 0.407 e. The van der Waals surface area contributed by atoms with Crippen LogP contribution in [0.1, 0.15) is 56.9 Å². The Bertz CT molecular complexity index is 993. The van der Waals surface area contributed by atoms with Crippen molar-refractivity contribution in [1.82, 2.24) is 14.8 Å². The molecule has 1 spiro atoms. The number of aliphatic hydroxyl groups is 1. The highest BCUT2D eigenvalue weighted by Crippen LogP contribution is 2.44. The van der Waals surface area contributed by atoms with E-state index in [1.807, 2.05) is 18.3 Å². The number of pyridine rings is 1. The predicted octanol–water partition coefficient (Wildman–Crippen LogP) is 3.62. The molecule has 4 aliphatic rings. The van der Waals surface area contributed by atoms with E-state index in [2.05, 4.69) is 9.80 Å². The Balaban J connectivity index is 1.29. The SMILES string of the molecule is O=C(O)N1CC=C(c2cnc(N3CCC[C@@]4(CCN(C5CCC(O)CC5)C4=O)C3)c(Cl)c2)CC1. The molecule has 3 fully saturated rings. The third-order valence-corrected chi connectivity index (χ3v) is 8.48. The van der Waals surface area contributed by atoms with Crippen LogP contribution in [0.2, 0.25) is 5.02 Å². The van der Waals surface area contributed by atoms with Crippen LogP contribution in [0.25, 0.3) is 5.57 Å². The number of carbonyl (C=O) groups is 2. The van der Waals surface area contributed by atoms with Gasteiger partial charge in [-0.1, -0.05) is 17.7 Å². The first-order valence-electron chi connectivity index (χ1n) is 12.4. The summed E-state index contributed by atoms with van der Waals surface area (Å²) < 4.78 is 0. The minimum absolute atomic E-state index is 0.218. The fraction of sp³-hybridized carbons (Fsp3) is 0.640. The Morgan fingerprint density at radius 3 is 2.62 bits per heavy atom. The molecule has 2 N–H and O–H groups in total. The van der Waals surface area contributed by atoms with Crippen molar-refractivity contribution in [3.63, 3.8) is 0 Å². The molecule has 0 bridgehead atoms. The Labute approximate surface area is 205 Å². The van der Waals surface area contributed by atoms with Crippen molar-refractivity contribution < 1.29 is 19.8 Å². The number of aromatic nitrogens is 1. The van der Waals surface area contributed by atoms with Gasteiger partial charge in [0.15, 0.2) is 0 Å². The number of aliphatic hydroxyl groups excluding tert-OH is 1. The van der Waals surface area contributed by atoms with Gasteiger partial charge >= 0.3 is 6.09 Å². The highest BCUT2D eigenvalue weighted by Gasteiger charge is 2.51. The van der Waals surface area contributed by atoms with Crippen LogP contribution in [-0.2, 0) is 4.79 Å². The van der Waals surface area contributed by atoms with E-state index in [1.54, 1.807) is 0 Å². The number of likely N-dealkylation sites (tertiary alicyclic amines) is 1. The van der Waals surface area contributed by atoms with Gasteiger partial charge in [-0.05, 0) is 68.6 Å². The predicted molar refractivity (Wildman–Crippen MR) is 130 cm³/mol. The van der Waals surface area contributed by atoms with Gasteiger partial charge < -0.3 is 24.9 Å². The Morgan fingerprint density at radius 1 is 1.15 bits per heavy atom. The second kappa shape index (κ2) is 9.38. The molecule has 2 amide bonds. The molecule has 1 aromatic heterocycles. The lowest BCUT2D eigenvalue weighted by molar-refractivity contribution is -0.139. The van der Waals surface area contributed by atoms with Gasteiger partial charge in [0.25, 0.3) is 0 Å². The number of piperidine rings is 1. The number of carbonyl (C=O) groups excluding carboxylic acids is 1. The zero-order valence-electron chi connectivity index (χ0n) is 19.5. The number of nitrogens with zero attached hydrogens (tertiary/aromatic N) is 4. The first-order valence-corrected chi connectivity index (χ1v) is 12.8. The minimum Gasteiger partial charge on any atom is -0.465 e. The van der Waals surface area contributed by atoms with Crippen LogP contribution in [0, 0.1) is 5.41 Å². The van der Waals surface area contributed by atoms with E-state index in [4.69, 9.17) is 21.7 Å². The summed E-state index contributed by atoms with van der Waals surface area (Å²) in [4.78, 5) is 35.1. The fourth-order valence-corrected chi connectivity index (χ4v) is 6.49. The highest BCUT2D eigenvalue weighted by atomic mass is 35.5. The van der Waals surface area contributed by atoms with Crippen molar-refractivity contribution in [2.45, 2.75) is 63.5 Å². The molecule has 2 saturated heterocycles. The molecule has 0 unspecified atom stereocenters. The molecule has 1 aromatic rings. The monoisotopic (exact) mass is 488 g/mol. The van der Waals surface area contributed by atoms with Gasteiger partial charge in [0.1, 0.15) is 5.82 Å². The fourth-order valence-electron chi connectivity index (χ4n) is 6.20. The standard InChI is InChI=1S/C25H33ClN4O4/c26-21-14-18(17-6-11-28(12-7-17)24(33)34)15-27-22(21)29-10-1-8-25(16-29)9-13-30(23(25)32)19-2-4-20(31)5-3-19/h6,14-15,19-20,31H,1-5,7-13,16H2,(H,33,34)/t19?,20?,25-/m1/s1. The third-order valence-electron chi connectivity index (χ3n) is 8.20. The van der Waals surface area contributed by atoms with E-state index in [9.17, 15) is 14.7 Å². The summed E-state index contributed by atoms with van der Waals surface area (Å²) >= 11 is 6.70. The molecule has 184 valence electrons. The second-order valence-electron chi connectivity index (χ2n) is 10.3. The van der Waals surface area contributed by atoms with Crippen LogP contribution >= 0.6 is 11.6 Å². The third kappa shape index (κ3) is 4.38. The van der Waals surface area contributed by atoms with Crippen LogP contribution in [0.15, 0.2) is 18.3 Å². The maximum absolute atomic E-state index is 13.6. The second-order valence-corrected chi connectivity index (χ2v) is 10.7. The van der Waals surface area contributed by atoms with Crippen molar-refractivity contribution in [3.8, 4) is 0 Å². The summed E-state index contributed by atoms with van der Waals surface area (Å²) in [6.07, 6.45) is 9.31. The molecule has 0 aromatic carbocycles. The lowest BCUT2D eigenvalue weighted by atomic mass is 9.78. The Morgan fingerprint density at radius 2 is 1.94 bits per heavy atom. The van der Waals surface area contributed by atoms with Crippen LogP contribution in [-0.4, -0.2) is 81.9 Å². The number of carboxylic acid groups (broad SMARTS) is 1. The number of halogens is 1. The van der Waals surface area contributed by atoms with Crippen LogP contribution in [0.3, 0.4) is 0 Å². The molecule has 1 atom stereocenters. The molecule has 5 rings (SSSR count). The maximum atomic E-state index is 13.6. The van der Waals surface area contributed by atoms with Gasteiger partial charge in [0.2, 0.25) is 5.91 Å². The highest BCUT2D eigenvalue weighted by molar-refractivity contribution is 6.33. The normalized spacial score (nSPS) is 30.1. The summed E-state index contributed by atoms with van der Waals surface area (Å²) in [5, 5.41) is 19.6. The summed E-state index contributed by atoms with van der Waals surface area (Å²) in [6.45, 7) is 3.10. The number of anilines is 1. The molecular weight excluding hydrogens is 456 g/mol. The van der Waals surface area contributed by atoms with Crippen molar-refractivity contribution in [1.29, 1.82) is 0 Å². The van der Waals surface area contributed by atoms with Gasteiger partial charge in [0, 0.05) is 45.0 Å². The Kier molecular flexibility index (Phi) is 6.46. The van der Waals surface area contributed by atoms with Crippen molar-refractivity contribution >= 4 is 35.0 Å². The molecule has 1 aliphatic carbocycles. The van der Waals surface area contributed by atoms with E-state index in [0.717, 1.165) is 75.0 Å². The largest absolute Gasteiger partial charge is 0.465 e. The van der Waals surface area contributed by atoms with Crippen LogP contribution in [0.5, 0.6) is 0 Å². The number of hydrogen-bond donors (Lipinski definition) is 2. The molecule has 4 heterocycles. The van der Waals surface area contributed by atoms with Gasteiger partial charge in [0.05, 0.1) is 16.5 Å². The molecule has 34 heavy (non-hydrogen) atoms. The van der Waals surface area contributed by atoms with E-state index < -0.39 is 6.09 Å². The van der Waals surface area contributed by atoms with Crippen LogP contribution in [0.4, 0.5) is 10.6 Å². The van der Waals surface area contributed by atoms with Gasteiger partial charge in [-0.3, -0.25) is 4.79 Å². The molecular formula is C25H33ClN4O4. The molecule has 8 nitrogen and oxygen atoms in total. The van der Waals surface area contributed by atoms with Crippen molar-refractivity contribution in [3.05, 3.63) is 28.9 Å². The van der Waals surface area contributed by atoms with Gasteiger partial charge in [-0.2, -0.15) is 0 Å². The summed E-state index contributed by atoms with van der Waals surface area (Å²) in [6, 6.07) is 2.18. The first-order chi connectivity index (χ1) is 16.4. The molecule has 9 heteroatoms. The quantitative estimate of drug-likeness (QED) is 0.674. The summed E-state index contributed by atoms with van der Waals surface area (Å²) in [5.41, 5.74) is 1.62. The topological polar surface area (TPSA) is 97.2 Å². The molecule has 3 aliphatic heterocycles. The average Bonchev–Trinajstić information content (AvgIpc) is 3.14. The molecule has 0 radical (unpaired) electrons. The van der Waals surface area contributed by atoms with E-state index >= 15 is 0 Å². The smallest absolute Gasteiger partial charge is 0.407 e. The van der Waals surface area contributed by atoms with Crippen LogP contribution < -0.4 is 4.90 Å². The number of rotatable bonds is 3. The van der Waals surface area contributed by atoms with Gasteiger partial charge in [-0.25, -0.2) is 9.78 Å². The zero-order valence-corrected chi connectivity index (χ0v) is 20.2. The number of amides is 2. The van der Waals surface area contributed by atoms with Gasteiger partial charge in [-0.15, -0.1) is 0 Å².